The molecular formula is C24H22ClN9O2. The van der Waals surface area contributed by atoms with Crippen LogP contribution in [0.4, 0.5) is 17.5 Å². The average molecular weight is 504 g/mol. The van der Waals surface area contributed by atoms with Gasteiger partial charge < -0.3 is 19.7 Å². The summed E-state index contributed by atoms with van der Waals surface area (Å²) in [7, 11) is 1.98. The first-order valence-electron chi connectivity index (χ1n) is 11.5. The van der Waals surface area contributed by atoms with Crippen LogP contribution in [0.25, 0.3) is 16.7 Å². The summed E-state index contributed by atoms with van der Waals surface area (Å²) >= 11 is 6.54. The second-order valence-corrected chi connectivity index (χ2v) is 8.81. The third-order valence-electron chi connectivity index (χ3n) is 6.04. The fraction of sp³-hybridized carbons (Fsp3) is 0.250. The minimum atomic E-state index is 0.231. The Morgan fingerprint density at radius 3 is 2.94 bits per heavy atom. The van der Waals surface area contributed by atoms with E-state index in [1.54, 1.807) is 41.2 Å². The van der Waals surface area contributed by atoms with Crippen LogP contribution in [0.2, 0.25) is 5.02 Å². The van der Waals surface area contributed by atoms with Gasteiger partial charge in [0.05, 0.1) is 23.9 Å². The van der Waals surface area contributed by atoms with Gasteiger partial charge in [-0.2, -0.15) is 5.10 Å². The molecular weight excluding hydrogens is 482 g/mol. The molecule has 1 N–H and O–H groups in total. The number of fused-ring (bicyclic) bond motifs is 2. The van der Waals surface area contributed by atoms with E-state index in [9.17, 15) is 0 Å². The molecule has 1 aliphatic rings. The van der Waals surface area contributed by atoms with Crippen LogP contribution in [0.15, 0.2) is 55.4 Å². The summed E-state index contributed by atoms with van der Waals surface area (Å²) in [5, 5.41) is 7.82. The van der Waals surface area contributed by atoms with Gasteiger partial charge in [0.25, 0.3) is 0 Å². The maximum absolute atomic E-state index is 6.54. The lowest BCUT2D eigenvalue weighted by Gasteiger charge is -2.31. The third-order valence-corrected chi connectivity index (χ3v) is 6.33. The Kier molecular flexibility index (Phi) is 5.91. The number of ether oxygens (including phenoxy) is 2. The molecule has 182 valence electrons. The monoisotopic (exact) mass is 503 g/mol. The van der Waals surface area contributed by atoms with E-state index in [4.69, 9.17) is 26.1 Å². The van der Waals surface area contributed by atoms with Crippen LogP contribution in [-0.4, -0.2) is 60.8 Å². The van der Waals surface area contributed by atoms with E-state index < -0.39 is 0 Å². The Morgan fingerprint density at radius 2 is 2.08 bits per heavy atom. The zero-order valence-corrected chi connectivity index (χ0v) is 20.1. The molecule has 36 heavy (non-hydrogen) atoms. The molecule has 12 heteroatoms. The maximum Gasteiger partial charge on any atom is 0.226 e. The first-order valence-corrected chi connectivity index (χ1v) is 11.8. The van der Waals surface area contributed by atoms with Gasteiger partial charge in [-0.1, -0.05) is 11.6 Å². The molecule has 0 amide bonds. The summed E-state index contributed by atoms with van der Waals surface area (Å²) in [6.45, 7) is 1.46. The number of hydrogen-bond donors (Lipinski definition) is 1. The van der Waals surface area contributed by atoms with Crippen molar-refractivity contribution in [2.24, 2.45) is 0 Å². The third kappa shape index (κ3) is 4.45. The van der Waals surface area contributed by atoms with Gasteiger partial charge in [0.1, 0.15) is 35.2 Å². The van der Waals surface area contributed by atoms with E-state index in [0.29, 0.717) is 51.6 Å². The molecule has 0 unspecified atom stereocenters. The summed E-state index contributed by atoms with van der Waals surface area (Å²) in [5.74, 6) is 2.28. The lowest BCUT2D eigenvalue weighted by atomic mass is 10.1. The first kappa shape index (κ1) is 22.4. The molecule has 1 atom stereocenters. The number of pyridine rings is 1. The smallest absolute Gasteiger partial charge is 0.226 e. The lowest BCUT2D eigenvalue weighted by Crippen LogP contribution is -2.39. The minimum absolute atomic E-state index is 0.231. The number of halogens is 1. The lowest BCUT2D eigenvalue weighted by molar-refractivity contribution is 0.0803. The van der Waals surface area contributed by atoms with Crippen LogP contribution in [-0.2, 0) is 4.74 Å². The first-order chi connectivity index (χ1) is 17.6. The predicted molar refractivity (Wildman–Crippen MR) is 135 cm³/mol. The fourth-order valence-electron chi connectivity index (χ4n) is 4.08. The van der Waals surface area contributed by atoms with Crippen molar-refractivity contribution in [3.8, 4) is 11.5 Å². The van der Waals surface area contributed by atoms with E-state index in [0.717, 1.165) is 25.1 Å². The van der Waals surface area contributed by atoms with Gasteiger partial charge in [0.2, 0.25) is 5.95 Å². The molecule has 1 fully saturated rings. The number of nitrogens with one attached hydrogen (secondary N) is 1. The zero-order chi connectivity index (χ0) is 24.5. The largest absolute Gasteiger partial charge is 0.456 e. The maximum atomic E-state index is 6.54. The molecule has 1 saturated heterocycles. The molecule has 0 radical (unpaired) electrons. The van der Waals surface area contributed by atoms with Gasteiger partial charge in [-0.25, -0.2) is 29.4 Å². The Morgan fingerprint density at radius 1 is 1.14 bits per heavy atom. The van der Waals surface area contributed by atoms with Crippen molar-refractivity contribution in [3.63, 3.8) is 0 Å². The van der Waals surface area contributed by atoms with Gasteiger partial charge in [-0.05, 0) is 37.1 Å². The second kappa shape index (κ2) is 9.51. The van der Waals surface area contributed by atoms with E-state index in [1.165, 1.54) is 12.7 Å². The molecule has 5 heterocycles. The van der Waals surface area contributed by atoms with Crippen LogP contribution >= 0.6 is 11.6 Å². The molecule has 0 saturated carbocycles. The molecule has 1 aromatic carbocycles. The van der Waals surface area contributed by atoms with Gasteiger partial charge in [0.15, 0.2) is 11.5 Å². The van der Waals surface area contributed by atoms with Crippen molar-refractivity contribution in [2.75, 3.05) is 30.5 Å². The molecule has 0 spiro atoms. The van der Waals surface area contributed by atoms with Crippen LogP contribution < -0.4 is 15.0 Å². The van der Waals surface area contributed by atoms with Crippen molar-refractivity contribution in [1.82, 2.24) is 34.5 Å². The van der Waals surface area contributed by atoms with Crippen molar-refractivity contribution < 1.29 is 9.47 Å². The number of benzene rings is 1. The van der Waals surface area contributed by atoms with Crippen LogP contribution in [0, 0.1) is 0 Å². The standard InChI is InChI=1S/C24H22ClN9O2/c1-33(16-3-2-8-35-12-16)24-26-11-19-22(32-24)23(29-13-27-19)31-15-4-5-20(18(25)9-15)36-17-6-7-34-21(10-17)28-14-30-34/h4-7,9-11,13-14,16H,2-3,8,12H2,1H3,(H,27,29,31)/t16-/m1/s1. The number of aromatic nitrogens is 7. The van der Waals surface area contributed by atoms with Crippen LogP contribution in [0.5, 0.6) is 11.5 Å². The van der Waals surface area contributed by atoms with Gasteiger partial charge in [0, 0.05) is 31.6 Å². The van der Waals surface area contributed by atoms with Crippen molar-refractivity contribution in [2.45, 2.75) is 18.9 Å². The van der Waals surface area contributed by atoms with E-state index in [-0.39, 0.29) is 6.04 Å². The number of likely N-dealkylation sites (N-methyl/N-ethyl adjacent to an activating group) is 1. The Hall–Kier alpha value is -4.09. The Labute approximate surface area is 211 Å². The fourth-order valence-corrected chi connectivity index (χ4v) is 4.30. The number of rotatable bonds is 6. The summed E-state index contributed by atoms with van der Waals surface area (Å²) < 4.78 is 13.2. The van der Waals surface area contributed by atoms with Crippen LogP contribution in [0.1, 0.15) is 12.8 Å². The summed E-state index contributed by atoms with van der Waals surface area (Å²) in [4.78, 5) is 24.2. The van der Waals surface area contributed by atoms with Gasteiger partial charge in [-0.15, -0.1) is 0 Å². The summed E-state index contributed by atoms with van der Waals surface area (Å²) in [6.07, 6.45) is 8.51. The zero-order valence-electron chi connectivity index (χ0n) is 19.4. The highest BCUT2D eigenvalue weighted by Crippen LogP contribution is 2.33. The average Bonchev–Trinajstić information content (AvgIpc) is 3.38. The van der Waals surface area contributed by atoms with E-state index >= 15 is 0 Å². The van der Waals surface area contributed by atoms with Crippen molar-refractivity contribution in [3.05, 3.63) is 60.4 Å². The predicted octanol–water partition coefficient (Wildman–Crippen LogP) is 4.27. The normalized spacial score (nSPS) is 15.8. The summed E-state index contributed by atoms with van der Waals surface area (Å²) in [6, 6.07) is 9.24. The highest BCUT2D eigenvalue weighted by Gasteiger charge is 2.21. The van der Waals surface area contributed by atoms with Crippen molar-refractivity contribution in [1.29, 1.82) is 0 Å². The van der Waals surface area contributed by atoms with Crippen molar-refractivity contribution >= 4 is 45.7 Å². The Bertz CT molecular complexity index is 1540. The van der Waals surface area contributed by atoms with E-state index in [2.05, 4.69) is 35.3 Å². The van der Waals surface area contributed by atoms with E-state index in [1.807, 2.05) is 13.1 Å². The highest BCUT2D eigenvalue weighted by molar-refractivity contribution is 6.32. The Balaban J connectivity index is 1.24. The molecule has 5 aromatic rings. The second-order valence-electron chi connectivity index (χ2n) is 8.41. The molecule has 1 aliphatic heterocycles. The minimum Gasteiger partial charge on any atom is -0.456 e. The molecule has 0 bridgehead atoms. The number of hydrogen-bond acceptors (Lipinski definition) is 10. The van der Waals surface area contributed by atoms with Crippen LogP contribution in [0.3, 0.4) is 0 Å². The highest BCUT2D eigenvalue weighted by atomic mass is 35.5. The molecule has 4 aromatic heterocycles. The quantitative estimate of drug-likeness (QED) is 0.360. The van der Waals surface area contributed by atoms with Gasteiger partial charge in [-0.3, -0.25) is 0 Å². The summed E-state index contributed by atoms with van der Waals surface area (Å²) in [5.41, 5.74) is 2.67. The molecule has 6 rings (SSSR count). The topological polar surface area (TPSA) is 115 Å². The molecule has 0 aliphatic carbocycles. The SMILES string of the molecule is CN(c1ncc2ncnc(Nc3ccc(Oc4ccn5ncnc5c4)c(Cl)c3)c2n1)[C@@H]1CCCOC1. The molecule has 11 nitrogen and oxygen atoms in total. The van der Waals surface area contributed by atoms with Gasteiger partial charge >= 0.3 is 0 Å². The number of nitrogens with zero attached hydrogens (tertiary/aromatic N) is 8. The number of anilines is 3.